The number of nitrogens with zero attached hydrogens (tertiary/aromatic N) is 1. The molecule has 0 saturated carbocycles. The molecule has 1 aromatic heterocycles. The molecule has 1 saturated heterocycles. The Hall–Kier alpha value is -0.980. The second-order valence-corrected chi connectivity index (χ2v) is 6.08. The van der Waals surface area contributed by atoms with Gasteiger partial charge in [0.1, 0.15) is 6.04 Å². The van der Waals surface area contributed by atoms with Crippen molar-refractivity contribution in [3.63, 3.8) is 0 Å². The minimum atomic E-state index is -0.238. The molecule has 5 nitrogen and oxygen atoms in total. The van der Waals surface area contributed by atoms with Crippen molar-refractivity contribution >= 4 is 17.2 Å². The molecule has 1 amide bonds. The van der Waals surface area contributed by atoms with E-state index in [0.717, 1.165) is 23.7 Å². The Balaban J connectivity index is 1.79. The molecular formula is C13H21N3O2S. The molecule has 2 N–H and O–H groups in total. The molecule has 2 heterocycles. The fourth-order valence-corrected chi connectivity index (χ4v) is 3.18. The van der Waals surface area contributed by atoms with Crippen molar-refractivity contribution in [2.24, 2.45) is 0 Å². The molecule has 1 aliphatic heterocycles. The molecule has 2 rings (SSSR count). The molecule has 0 unspecified atom stereocenters. The molecule has 1 fully saturated rings. The number of rotatable bonds is 4. The number of aromatic nitrogens is 1. The number of morpholine rings is 1. The Labute approximate surface area is 117 Å². The van der Waals surface area contributed by atoms with Crippen molar-refractivity contribution in [3.8, 4) is 0 Å². The van der Waals surface area contributed by atoms with E-state index in [0.29, 0.717) is 13.2 Å². The van der Waals surface area contributed by atoms with E-state index in [4.69, 9.17) is 4.74 Å². The lowest BCUT2D eigenvalue weighted by atomic mass is 10.1. The second-order valence-electron chi connectivity index (χ2n) is 4.79. The minimum Gasteiger partial charge on any atom is -0.375 e. The highest BCUT2D eigenvalue weighted by molar-refractivity contribution is 7.11. The number of hydrogen-bond donors (Lipinski definition) is 2. The lowest BCUT2D eigenvalue weighted by Gasteiger charge is -2.29. The maximum absolute atomic E-state index is 12.0. The molecule has 19 heavy (non-hydrogen) atoms. The van der Waals surface area contributed by atoms with Gasteiger partial charge in [-0.05, 0) is 20.8 Å². The van der Waals surface area contributed by atoms with E-state index in [1.54, 1.807) is 11.3 Å². The predicted octanol–water partition coefficient (Wildman–Crippen LogP) is 0.796. The minimum absolute atomic E-state index is 0.0195. The van der Waals surface area contributed by atoms with Crippen LogP contribution in [0.5, 0.6) is 0 Å². The Morgan fingerprint density at radius 3 is 3.00 bits per heavy atom. The van der Waals surface area contributed by atoms with E-state index in [1.807, 2.05) is 20.8 Å². The number of hydrogen-bond acceptors (Lipinski definition) is 5. The molecule has 0 radical (unpaired) electrons. The van der Waals surface area contributed by atoms with Crippen molar-refractivity contribution in [2.75, 3.05) is 19.7 Å². The van der Waals surface area contributed by atoms with Gasteiger partial charge in [0, 0.05) is 24.4 Å². The van der Waals surface area contributed by atoms with Crippen molar-refractivity contribution < 1.29 is 9.53 Å². The van der Waals surface area contributed by atoms with E-state index in [2.05, 4.69) is 15.6 Å². The van der Waals surface area contributed by atoms with Crippen LogP contribution in [-0.2, 0) is 16.0 Å². The van der Waals surface area contributed by atoms with Crippen LogP contribution >= 0.6 is 11.3 Å². The lowest BCUT2D eigenvalue weighted by Crippen LogP contribution is -2.55. The van der Waals surface area contributed by atoms with Crippen LogP contribution in [0, 0.1) is 13.8 Å². The Bertz CT molecular complexity index is 447. The molecule has 1 aromatic rings. The number of thiazole rings is 1. The zero-order valence-corrected chi connectivity index (χ0v) is 12.5. The third kappa shape index (κ3) is 3.75. The SMILES string of the molecule is Cc1nc(C)c(CCNC(=O)[C@H]2NCCO[C@@H]2C)s1. The smallest absolute Gasteiger partial charge is 0.239 e. The largest absolute Gasteiger partial charge is 0.375 e. The highest BCUT2D eigenvalue weighted by Gasteiger charge is 2.27. The first kappa shape index (κ1) is 14.4. The summed E-state index contributed by atoms with van der Waals surface area (Å²) in [7, 11) is 0. The number of nitrogens with one attached hydrogen (secondary N) is 2. The van der Waals surface area contributed by atoms with E-state index in [1.165, 1.54) is 4.88 Å². The standard InChI is InChI=1S/C13H21N3O2S/c1-8-11(19-10(3)16-8)4-5-15-13(17)12-9(2)18-7-6-14-12/h9,12,14H,4-7H2,1-3H3,(H,15,17)/t9-,12+/m1/s1. The zero-order valence-electron chi connectivity index (χ0n) is 11.7. The molecule has 0 bridgehead atoms. The van der Waals surface area contributed by atoms with Crippen molar-refractivity contribution in [1.29, 1.82) is 0 Å². The monoisotopic (exact) mass is 283 g/mol. The highest BCUT2D eigenvalue weighted by Crippen LogP contribution is 2.17. The fraction of sp³-hybridized carbons (Fsp3) is 0.692. The summed E-state index contributed by atoms with van der Waals surface area (Å²) in [4.78, 5) is 17.7. The van der Waals surface area contributed by atoms with Crippen LogP contribution in [0.1, 0.15) is 22.5 Å². The summed E-state index contributed by atoms with van der Waals surface area (Å²) in [6.07, 6.45) is 0.770. The van der Waals surface area contributed by atoms with Gasteiger partial charge in [0.2, 0.25) is 5.91 Å². The molecule has 6 heteroatoms. The van der Waals surface area contributed by atoms with Crippen LogP contribution in [0.2, 0.25) is 0 Å². The van der Waals surface area contributed by atoms with Crippen molar-refractivity contribution in [3.05, 3.63) is 15.6 Å². The maximum atomic E-state index is 12.0. The first-order chi connectivity index (χ1) is 9.08. The Morgan fingerprint density at radius 1 is 1.58 bits per heavy atom. The van der Waals surface area contributed by atoms with E-state index in [9.17, 15) is 4.79 Å². The van der Waals surface area contributed by atoms with Gasteiger partial charge in [0.25, 0.3) is 0 Å². The van der Waals surface area contributed by atoms with Gasteiger partial charge in [-0.2, -0.15) is 0 Å². The number of ether oxygens (including phenoxy) is 1. The summed E-state index contributed by atoms with van der Waals surface area (Å²) >= 11 is 1.70. The second kappa shape index (κ2) is 6.45. The Kier molecular flexibility index (Phi) is 4.90. The molecule has 106 valence electrons. The van der Waals surface area contributed by atoms with Crippen molar-refractivity contribution in [1.82, 2.24) is 15.6 Å². The number of aryl methyl sites for hydroxylation is 2. The van der Waals surface area contributed by atoms with Gasteiger partial charge in [-0.25, -0.2) is 4.98 Å². The third-order valence-corrected chi connectivity index (χ3v) is 4.38. The van der Waals surface area contributed by atoms with E-state index >= 15 is 0 Å². The molecule has 1 aliphatic rings. The predicted molar refractivity (Wildman–Crippen MR) is 75.5 cm³/mol. The van der Waals surface area contributed by atoms with Gasteiger partial charge >= 0.3 is 0 Å². The summed E-state index contributed by atoms with van der Waals surface area (Å²) < 4.78 is 5.47. The van der Waals surface area contributed by atoms with Crippen LogP contribution in [0.3, 0.4) is 0 Å². The number of carbonyl (C=O) groups is 1. The maximum Gasteiger partial charge on any atom is 0.239 e. The first-order valence-electron chi connectivity index (χ1n) is 6.63. The van der Waals surface area contributed by atoms with Gasteiger partial charge in [-0.15, -0.1) is 11.3 Å². The van der Waals surface area contributed by atoms with Crippen LogP contribution in [0.4, 0.5) is 0 Å². The van der Waals surface area contributed by atoms with Gasteiger partial charge < -0.3 is 15.4 Å². The summed E-state index contributed by atoms with van der Waals surface area (Å²) in [5.41, 5.74) is 1.07. The van der Waals surface area contributed by atoms with E-state index < -0.39 is 0 Å². The van der Waals surface area contributed by atoms with Crippen LogP contribution in [0.15, 0.2) is 0 Å². The zero-order chi connectivity index (χ0) is 13.8. The summed E-state index contributed by atoms with van der Waals surface area (Å²) in [6, 6.07) is -0.238. The average molecular weight is 283 g/mol. The topological polar surface area (TPSA) is 63.2 Å². The summed E-state index contributed by atoms with van der Waals surface area (Å²) in [5, 5.41) is 7.23. The summed E-state index contributed by atoms with van der Waals surface area (Å²) in [5.74, 6) is 0.0195. The Morgan fingerprint density at radius 2 is 2.37 bits per heavy atom. The molecule has 0 aromatic carbocycles. The number of amides is 1. The molecule has 0 spiro atoms. The molecule has 2 atom stereocenters. The van der Waals surface area contributed by atoms with Gasteiger partial charge in [-0.3, -0.25) is 4.79 Å². The normalized spacial score (nSPS) is 23.3. The first-order valence-corrected chi connectivity index (χ1v) is 7.45. The number of carbonyl (C=O) groups excluding carboxylic acids is 1. The van der Waals surface area contributed by atoms with Crippen LogP contribution in [-0.4, -0.2) is 42.7 Å². The third-order valence-electron chi connectivity index (χ3n) is 3.25. The summed E-state index contributed by atoms with van der Waals surface area (Å²) in [6.45, 7) is 7.99. The van der Waals surface area contributed by atoms with Gasteiger partial charge in [0.05, 0.1) is 23.4 Å². The fourth-order valence-electron chi connectivity index (χ4n) is 2.24. The van der Waals surface area contributed by atoms with E-state index in [-0.39, 0.29) is 18.1 Å². The highest BCUT2D eigenvalue weighted by atomic mass is 32.1. The average Bonchev–Trinajstić information content (AvgIpc) is 2.68. The van der Waals surface area contributed by atoms with Gasteiger partial charge in [-0.1, -0.05) is 0 Å². The van der Waals surface area contributed by atoms with Crippen LogP contribution < -0.4 is 10.6 Å². The lowest BCUT2D eigenvalue weighted by molar-refractivity contribution is -0.128. The van der Waals surface area contributed by atoms with Crippen LogP contribution in [0.25, 0.3) is 0 Å². The molecule has 0 aliphatic carbocycles. The van der Waals surface area contributed by atoms with Gasteiger partial charge in [0.15, 0.2) is 0 Å². The quantitative estimate of drug-likeness (QED) is 0.858. The van der Waals surface area contributed by atoms with Crippen molar-refractivity contribution in [2.45, 2.75) is 39.3 Å². The molecular weight excluding hydrogens is 262 g/mol.